The molecule has 1 amide bonds. The van der Waals surface area contributed by atoms with E-state index in [4.69, 9.17) is 10.8 Å². The molecule has 0 bridgehead atoms. The fourth-order valence-electron chi connectivity index (χ4n) is 3.30. The molecule has 3 heterocycles. The Balaban J connectivity index is 2.07. The van der Waals surface area contributed by atoms with Crippen molar-refractivity contribution in [1.82, 2.24) is 24.6 Å². The van der Waals surface area contributed by atoms with Crippen LogP contribution in [0.3, 0.4) is 0 Å². The average molecular weight is 326 g/mol. The van der Waals surface area contributed by atoms with E-state index in [1.807, 2.05) is 4.68 Å². The van der Waals surface area contributed by atoms with Gasteiger partial charge in [-0.3, -0.25) is 4.79 Å². The third kappa shape index (κ3) is 2.46. The number of carbonyl (C=O) groups excluding carboxylic acids is 1. The molecule has 0 saturated carbocycles. The Labute approximate surface area is 140 Å². The third-order valence-electron chi connectivity index (χ3n) is 4.49. The van der Waals surface area contributed by atoms with Crippen molar-refractivity contribution in [3.8, 4) is 0 Å². The molecule has 2 aromatic rings. The highest BCUT2D eigenvalue weighted by Gasteiger charge is 2.35. The molecule has 7 nitrogen and oxygen atoms in total. The minimum atomic E-state index is -0.0999. The number of nitrogens with two attached hydrogens (primary N) is 1. The van der Waals surface area contributed by atoms with Crippen LogP contribution >= 0.6 is 0 Å². The number of likely N-dealkylation sites (tertiary alicyclic amines) is 1. The van der Waals surface area contributed by atoms with Crippen LogP contribution in [-0.2, 0) is 4.79 Å². The maximum Gasteiger partial charge on any atom is 0.246 e. The maximum absolute atomic E-state index is 12.1. The standard InChI is InChI=1S/C17H22N6O/c1-5-11-7-12(8-22(11)13(24)6-2)23-17-14(15(21-23)10(3)4)16(18)19-9-20-17/h5-6,9-12H,1-2,7-8H2,3-4H3,(H2,18,19,20)/t11-,12-/m1/s1. The van der Waals surface area contributed by atoms with Crippen LogP contribution in [0.15, 0.2) is 31.6 Å². The number of nitrogens with zero attached hydrogens (tertiary/aromatic N) is 5. The molecule has 0 spiro atoms. The number of aromatic nitrogens is 4. The SMILES string of the molecule is C=CC(=O)N1C[C@H](n2nc(C(C)C)c3c(N)ncnc32)C[C@H]1C=C. The van der Waals surface area contributed by atoms with Crippen molar-refractivity contribution in [2.45, 2.75) is 38.3 Å². The van der Waals surface area contributed by atoms with Crippen LogP contribution in [0.5, 0.6) is 0 Å². The summed E-state index contributed by atoms with van der Waals surface area (Å²) in [6.07, 6.45) is 5.31. The normalized spacial score (nSPS) is 20.7. The molecular formula is C17H22N6O. The van der Waals surface area contributed by atoms with Gasteiger partial charge in [0.25, 0.3) is 0 Å². The molecule has 1 aliphatic heterocycles. The summed E-state index contributed by atoms with van der Waals surface area (Å²) in [5, 5.41) is 5.56. The molecule has 2 aromatic heterocycles. The number of hydrogen-bond acceptors (Lipinski definition) is 5. The molecule has 0 aromatic carbocycles. The number of hydrogen-bond donors (Lipinski definition) is 1. The fourth-order valence-corrected chi connectivity index (χ4v) is 3.30. The molecular weight excluding hydrogens is 304 g/mol. The minimum absolute atomic E-state index is 0.0150. The van der Waals surface area contributed by atoms with E-state index in [9.17, 15) is 4.79 Å². The summed E-state index contributed by atoms with van der Waals surface area (Å²) in [5.74, 6) is 0.536. The van der Waals surface area contributed by atoms with Gasteiger partial charge in [-0.15, -0.1) is 6.58 Å². The summed E-state index contributed by atoms with van der Waals surface area (Å²) in [7, 11) is 0. The zero-order valence-electron chi connectivity index (χ0n) is 14.0. The molecule has 0 unspecified atom stereocenters. The lowest BCUT2D eigenvalue weighted by Crippen LogP contribution is -2.33. The van der Waals surface area contributed by atoms with Gasteiger partial charge in [0.2, 0.25) is 5.91 Å². The molecule has 1 saturated heterocycles. The number of nitrogen functional groups attached to an aromatic ring is 1. The second-order valence-electron chi connectivity index (χ2n) is 6.33. The van der Waals surface area contributed by atoms with E-state index in [0.717, 1.165) is 17.5 Å². The minimum Gasteiger partial charge on any atom is -0.383 e. The lowest BCUT2D eigenvalue weighted by molar-refractivity contribution is -0.126. The largest absolute Gasteiger partial charge is 0.383 e. The summed E-state index contributed by atoms with van der Waals surface area (Å²) < 4.78 is 1.88. The van der Waals surface area contributed by atoms with Crippen LogP contribution in [0.25, 0.3) is 11.0 Å². The van der Waals surface area contributed by atoms with Crippen molar-refractivity contribution in [3.05, 3.63) is 37.3 Å². The maximum atomic E-state index is 12.1. The number of rotatable bonds is 4. The van der Waals surface area contributed by atoms with Crippen LogP contribution in [0.1, 0.15) is 37.9 Å². The first-order valence-corrected chi connectivity index (χ1v) is 8.02. The first kappa shape index (κ1) is 16.2. The number of fused-ring (bicyclic) bond motifs is 1. The summed E-state index contributed by atoms with van der Waals surface area (Å²) in [6.45, 7) is 12.1. The lowest BCUT2D eigenvalue weighted by atomic mass is 10.1. The zero-order chi connectivity index (χ0) is 17.4. The average Bonchev–Trinajstić information content (AvgIpc) is 3.16. The Bertz CT molecular complexity index is 809. The van der Waals surface area contributed by atoms with E-state index in [0.29, 0.717) is 18.0 Å². The predicted molar refractivity (Wildman–Crippen MR) is 93.4 cm³/mol. The molecule has 0 radical (unpaired) electrons. The van der Waals surface area contributed by atoms with Crippen molar-refractivity contribution in [2.75, 3.05) is 12.3 Å². The molecule has 3 rings (SSSR count). The highest BCUT2D eigenvalue weighted by Crippen LogP contribution is 2.34. The van der Waals surface area contributed by atoms with Crippen molar-refractivity contribution in [2.24, 2.45) is 0 Å². The van der Waals surface area contributed by atoms with Crippen LogP contribution in [-0.4, -0.2) is 43.1 Å². The van der Waals surface area contributed by atoms with Gasteiger partial charge in [0.05, 0.1) is 23.2 Å². The molecule has 0 aliphatic carbocycles. The number of carbonyl (C=O) groups is 1. The molecule has 1 fully saturated rings. The van der Waals surface area contributed by atoms with Crippen molar-refractivity contribution in [1.29, 1.82) is 0 Å². The Morgan fingerprint density at radius 2 is 2.17 bits per heavy atom. The number of amides is 1. The van der Waals surface area contributed by atoms with Crippen molar-refractivity contribution >= 4 is 22.8 Å². The Morgan fingerprint density at radius 3 is 2.79 bits per heavy atom. The van der Waals surface area contributed by atoms with Gasteiger partial charge in [0.15, 0.2) is 5.65 Å². The van der Waals surface area contributed by atoms with Crippen LogP contribution < -0.4 is 5.73 Å². The topological polar surface area (TPSA) is 89.9 Å². The van der Waals surface area contributed by atoms with Gasteiger partial charge in [-0.05, 0) is 18.4 Å². The Kier molecular flexibility index (Phi) is 4.09. The number of anilines is 1. The molecule has 2 atom stereocenters. The first-order valence-electron chi connectivity index (χ1n) is 8.02. The van der Waals surface area contributed by atoms with E-state index >= 15 is 0 Å². The van der Waals surface area contributed by atoms with E-state index < -0.39 is 0 Å². The monoisotopic (exact) mass is 326 g/mol. The second-order valence-corrected chi connectivity index (χ2v) is 6.33. The Hall–Kier alpha value is -2.70. The zero-order valence-corrected chi connectivity index (χ0v) is 14.0. The predicted octanol–water partition coefficient (Wildman–Crippen LogP) is 2.05. The smallest absolute Gasteiger partial charge is 0.246 e. The highest BCUT2D eigenvalue weighted by molar-refractivity contribution is 5.89. The molecule has 24 heavy (non-hydrogen) atoms. The molecule has 1 aliphatic rings. The fraction of sp³-hybridized carbons (Fsp3) is 0.412. The van der Waals surface area contributed by atoms with Gasteiger partial charge in [0, 0.05) is 6.54 Å². The van der Waals surface area contributed by atoms with Gasteiger partial charge >= 0.3 is 0 Å². The van der Waals surface area contributed by atoms with Gasteiger partial charge in [-0.1, -0.05) is 26.5 Å². The van der Waals surface area contributed by atoms with E-state index in [1.54, 1.807) is 11.0 Å². The van der Waals surface area contributed by atoms with Gasteiger partial charge in [0.1, 0.15) is 12.1 Å². The Morgan fingerprint density at radius 1 is 1.42 bits per heavy atom. The third-order valence-corrected chi connectivity index (χ3v) is 4.49. The van der Waals surface area contributed by atoms with Crippen molar-refractivity contribution in [3.63, 3.8) is 0 Å². The quantitative estimate of drug-likeness (QED) is 0.686. The van der Waals surface area contributed by atoms with Crippen LogP contribution in [0.4, 0.5) is 5.82 Å². The van der Waals surface area contributed by atoms with Gasteiger partial charge in [-0.2, -0.15) is 5.10 Å². The summed E-state index contributed by atoms with van der Waals surface area (Å²) in [4.78, 5) is 22.3. The van der Waals surface area contributed by atoms with Gasteiger partial charge in [-0.25, -0.2) is 14.6 Å². The van der Waals surface area contributed by atoms with E-state index in [1.165, 1.54) is 12.4 Å². The summed E-state index contributed by atoms with van der Waals surface area (Å²) in [5.41, 5.74) is 7.65. The van der Waals surface area contributed by atoms with Crippen molar-refractivity contribution < 1.29 is 4.79 Å². The van der Waals surface area contributed by atoms with E-state index in [-0.39, 0.29) is 23.9 Å². The first-order chi connectivity index (χ1) is 11.5. The summed E-state index contributed by atoms with van der Waals surface area (Å²) in [6, 6.07) is -0.0253. The van der Waals surface area contributed by atoms with Crippen LogP contribution in [0, 0.1) is 0 Å². The van der Waals surface area contributed by atoms with Crippen LogP contribution in [0.2, 0.25) is 0 Å². The second kappa shape index (κ2) is 6.07. The van der Waals surface area contributed by atoms with E-state index in [2.05, 4.69) is 37.0 Å². The molecule has 126 valence electrons. The highest BCUT2D eigenvalue weighted by atomic mass is 16.2. The molecule has 7 heteroatoms. The van der Waals surface area contributed by atoms with Gasteiger partial charge < -0.3 is 10.6 Å². The summed E-state index contributed by atoms with van der Waals surface area (Å²) >= 11 is 0. The molecule has 2 N–H and O–H groups in total. The lowest BCUT2D eigenvalue weighted by Gasteiger charge is -2.19.